The number of hydrogen-bond donors (Lipinski definition) is 0. The second-order valence-electron chi connectivity index (χ2n) is 9.53. The van der Waals surface area contributed by atoms with Crippen LogP contribution in [0.2, 0.25) is 0 Å². The summed E-state index contributed by atoms with van der Waals surface area (Å²) in [5.41, 5.74) is 12.3. The van der Waals surface area contributed by atoms with Gasteiger partial charge in [-0.1, -0.05) is 78.4 Å². The van der Waals surface area contributed by atoms with Crippen molar-refractivity contribution in [2.24, 2.45) is 0 Å². The number of para-hydroxylation sites is 1. The third-order valence-electron chi connectivity index (χ3n) is 7.28. The second-order valence-corrected chi connectivity index (χ2v) is 9.53. The van der Waals surface area contributed by atoms with Crippen molar-refractivity contribution in [3.05, 3.63) is 120 Å². The summed E-state index contributed by atoms with van der Waals surface area (Å²) in [7, 11) is 0. The number of ether oxygens (including phenoxy) is 1. The molecule has 0 aromatic heterocycles. The van der Waals surface area contributed by atoms with Crippen molar-refractivity contribution in [3.63, 3.8) is 0 Å². The highest BCUT2D eigenvalue weighted by molar-refractivity contribution is 6.99. The van der Waals surface area contributed by atoms with E-state index in [0.717, 1.165) is 17.2 Å². The summed E-state index contributed by atoms with van der Waals surface area (Å²) in [6, 6.07) is 39.1. The standard InChI is InChI=1S/C32H24BNO/c1-21-18-22(2)31-30(19-21)35-29-15-9-14-27-32(29)33(31)26-17-16-24(23-10-5-3-6-11-23)20-28(26)34(27)25-12-7-4-8-13-25/h3-20H,1-2H3. The van der Waals surface area contributed by atoms with E-state index in [1.807, 2.05) is 0 Å². The molecule has 166 valence electrons. The molecule has 0 saturated heterocycles. The van der Waals surface area contributed by atoms with Crippen molar-refractivity contribution in [2.45, 2.75) is 13.8 Å². The van der Waals surface area contributed by atoms with Gasteiger partial charge in [-0.3, -0.25) is 0 Å². The molecule has 2 aliphatic rings. The molecular weight excluding hydrogens is 425 g/mol. The Kier molecular flexibility index (Phi) is 4.40. The van der Waals surface area contributed by atoms with Crippen molar-refractivity contribution in [2.75, 3.05) is 4.90 Å². The highest BCUT2D eigenvalue weighted by atomic mass is 16.5. The minimum atomic E-state index is 0.130. The molecule has 2 heterocycles. The maximum absolute atomic E-state index is 6.55. The van der Waals surface area contributed by atoms with Gasteiger partial charge in [0.1, 0.15) is 11.5 Å². The monoisotopic (exact) mass is 449 g/mol. The molecule has 5 aromatic rings. The van der Waals surface area contributed by atoms with E-state index in [-0.39, 0.29) is 6.71 Å². The number of anilines is 3. The van der Waals surface area contributed by atoms with Crippen LogP contribution >= 0.6 is 0 Å². The lowest BCUT2D eigenvalue weighted by molar-refractivity contribution is 0.487. The van der Waals surface area contributed by atoms with E-state index in [9.17, 15) is 0 Å². The molecule has 2 aliphatic heterocycles. The maximum atomic E-state index is 6.55. The van der Waals surface area contributed by atoms with Gasteiger partial charge in [0.15, 0.2) is 0 Å². The van der Waals surface area contributed by atoms with Crippen LogP contribution in [0.5, 0.6) is 11.5 Å². The Hall–Kier alpha value is -4.24. The Labute approximate surface area is 206 Å². The fourth-order valence-corrected chi connectivity index (χ4v) is 5.85. The first-order chi connectivity index (χ1) is 17.2. The SMILES string of the molecule is Cc1cc(C)c2c(c1)Oc1cccc3c1B2c1ccc(-c2ccccc2)cc1N3c1ccccc1. The molecule has 0 fully saturated rings. The van der Waals surface area contributed by atoms with Crippen LogP contribution in [0.3, 0.4) is 0 Å². The van der Waals surface area contributed by atoms with Gasteiger partial charge < -0.3 is 9.64 Å². The van der Waals surface area contributed by atoms with Crippen LogP contribution in [-0.4, -0.2) is 6.71 Å². The highest BCUT2D eigenvalue weighted by Crippen LogP contribution is 2.41. The summed E-state index contributed by atoms with van der Waals surface area (Å²) in [5, 5.41) is 0. The Balaban J connectivity index is 1.55. The summed E-state index contributed by atoms with van der Waals surface area (Å²) in [5.74, 6) is 1.92. The highest BCUT2D eigenvalue weighted by Gasteiger charge is 2.42. The van der Waals surface area contributed by atoms with E-state index in [1.54, 1.807) is 0 Å². The van der Waals surface area contributed by atoms with Crippen molar-refractivity contribution in [1.29, 1.82) is 0 Å². The van der Waals surface area contributed by atoms with Gasteiger partial charge in [-0.15, -0.1) is 0 Å². The quantitative estimate of drug-likeness (QED) is 0.284. The molecule has 0 spiro atoms. The van der Waals surface area contributed by atoms with Gasteiger partial charge >= 0.3 is 0 Å². The molecule has 0 amide bonds. The van der Waals surface area contributed by atoms with E-state index >= 15 is 0 Å². The molecular formula is C32H24BNO. The normalized spacial score (nSPS) is 13.0. The zero-order chi connectivity index (χ0) is 23.5. The first kappa shape index (κ1) is 20.2. The lowest BCUT2D eigenvalue weighted by atomic mass is 9.33. The Morgan fingerprint density at radius 2 is 1.37 bits per heavy atom. The molecule has 0 aliphatic carbocycles. The van der Waals surface area contributed by atoms with Crippen LogP contribution < -0.4 is 26.0 Å². The minimum absolute atomic E-state index is 0.130. The van der Waals surface area contributed by atoms with E-state index in [2.05, 4.69) is 128 Å². The molecule has 7 rings (SSSR count). The summed E-state index contributed by atoms with van der Waals surface area (Å²) in [4.78, 5) is 2.40. The molecule has 0 radical (unpaired) electrons. The lowest BCUT2D eigenvalue weighted by Gasteiger charge is -2.40. The fourth-order valence-electron chi connectivity index (χ4n) is 5.85. The smallest absolute Gasteiger partial charge is 0.256 e. The van der Waals surface area contributed by atoms with Crippen LogP contribution in [0.25, 0.3) is 11.1 Å². The third-order valence-corrected chi connectivity index (χ3v) is 7.28. The Morgan fingerprint density at radius 3 is 2.17 bits per heavy atom. The Bertz CT molecular complexity index is 1590. The molecule has 3 heteroatoms. The van der Waals surface area contributed by atoms with Gasteiger partial charge in [0.2, 0.25) is 0 Å². The number of benzene rings is 5. The van der Waals surface area contributed by atoms with Crippen LogP contribution in [-0.2, 0) is 0 Å². The van der Waals surface area contributed by atoms with E-state index in [0.29, 0.717) is 0 Å². The average Bonchev–Trinajstić information content (AvgIpc) is 2.89. The van der Waals surface area contributed by atoms with E-state index < -0.39 is 0 Å². The van der Waals surface area contributed by atoms with Crippen molar-refractivity contribution in [3.8, 4) is 22.6 Å². The zero-order valence-electron chi connectivity index (χ0n) is 19.8. The molecule has 0 unspecified atom stereocenters. The third kappa shape index (κ3) is 3.05. The average molecular weight is 449 g/mol. The number of aryl methyl sites for hydroxylation is 2. The number of rotatable bonds is 2. The molecule has 0 bridgehead atoms. The van der Waals surface area contributed by atoms with Gasteiger partial charge in [-0.25, -0.2) is 0 Å². The molecule has 0 N–H and O–H groups in total. The maximum Gasteiger partial charge on any atom is 0.256 e. The van der Waals surface area contributed by atoms with Gasteiger partial charge in [0.25, 0.3) is 6.71 Å². The van der Waals surface area contributed by atoms with Crippen molar-refractivity contribution in [1.82, 2.24) is 0 Å². The number of fused-ring (bicyclic) bond motifs is 4. The van der Waals surface area contributed by atoms with Gasteiger partial charge in [-0.2, -0.15) is 0 Å². The fraction of sp³-hybridized carbons (Fsp3) is 0.0625. The molecule has 35 heavy (non-hydrogen) atoms. The van der Waals surface area contributed by atoms with Crippen LogP contribution in [0.4, 0.5) is 17.1 Å². The summed E-state index contributed by atoms with van der Waals surface area (Å²) < 4.78 is 6.55. The topological polar surface area (TPSA) is 12.5 Å². The van der Waals surface area contributed by atoms with E-state index in [1.165, 1.54) is 50.0 Å². The van der Waals surface area contributed by atoms with Crippen molar-refractivity contribution < 1.29 is 4.74 Å². The molecule has 0 atom stereocenters. The lowest BCUT2D eigenvalue weighted by Crippen LogP contribution is -2.60. The minimum Gasteiger partial charge on any atom is -0.458 e. The first-order valence-electron chi connectivity index (χ1n) is 12.2. The van der Waals surface area contributed by atoms with Gasteiger partial charge in [0.05, 0.1) is 0 Å². The zero-order valence-corrected chi connectivity index (χ0v) is 19.8. The summed E-state index contributed by atoms with van der Waals surface area (Å²) in [6.45, 7) is 4.48. The van der Waals surface area contributed by atoms with Gasteiger partial charge in [0, 0.05) is 17.1 Å². The number of nitrogens with zero attached hydrogens (tertiary/aromatic N) is 1. The van der Waals surface area contributed by atoms with Gasteiger partial charge in [-0.05, 0) is 83.3 Å². The largest absolute Gasteiger partial charge is 0.458 e. The first-order valence-corrected chi connectivity index (χ1v) is 12.2. The van der Waals surface area contributed by atoms with Crippen LogP contribution in [0, 0.1) is 13.8 Å². The van der Waals surface area contributed by atoms with Crippen LogP contribution in [0.1, 0.15) is 11.1 Å². The Morgan fingerprint density at radius 1 is 0.600 bits per heavy atom. The second kappa shape index (κ2) is 7.64. The summed E-state index contributed by atoms with van der Waals surface area (Å²) in [6.07, 6.45) is 0. The van der Waals surface area contributed by atoms with Crippen molar-refractivity contribution >= 4 is 40.2 Å². The van der Waals surface area contributed by atoms with Crippen LogP contribution in [0.15, 0.2) is 109 Å². The predicted molar refractivity (Wildman–Crippen MR) is 147 cm³/mol. The summed E-state index contributed by atoms with van der Waals surface area (Å²) >= 11 is 0. The number of hydrogen-bond acceptors (Lipinski definition) is 2. The molecule has 2 nitrogen and oxygen atoms in total. The molecule has 0 saturated carbocycles. The van der Waals surface area contributed by atoms with E-state index in [4.69, 9.17) is 4.74 Å². The predicted octanol–water partition coefficient (Wildman–Crippen LogP) is 6.38. The molecule has 5 aromatic carbocycles.